The van der Waals surface area contributed by atoms with Crippen molar-refractivity contribution in [2.45, 2.75) is 0 Å². The summed E-state index contributed by atoms with van der Waals surface area (Å²) in [6.45, 7) is 0. The SMILES string of the molecule is O=Cc1ccc(-c2ccc3ncnc(Nc4cccc(NC(=O)Nc5cc(F)ccc5F)c4)c3c2)o1. The lowest BCUT2D eigenvalue weighted by molar-refractivity contribution is 0.110. The Bertz CT molecular complexity index is 1600. The van der Waals surface area contributed by atoms with Crippen LogP contribution in [0.15, 0.2) is 83.5 Å². The fourth-order valence-corrected chi connectivity index (χ4v) is 3.57. The van der Waals surface area contributed by atoms with E-state index in [0.717, 1.165) is 23.8 Å². The molecule has 3 aromatic carbocycles. The summed E-state index contributed by atoms with van der Waals surface area (Å²) in [6.07, 6.45) is 2.06. The van der Waals surface area contributed by atoms with E-state index in [1.807, 2.05) is 18.2 Å². The molecule has 0 bridgehead atoms. The zero-order chi connectivity index (χ0) is 25.1. The van der Waals surface area contributed by atoms with Gasteiger partial charge in [-0.3, -0.25) is 4.79 Å². The van der Waals surface area contributed by atoms with E-state index >= 15 is 0 Å². The van der Waals surface area contributed by atoms with Gasteiger partial charge in [0.05, 0.1) is 11.2 Å². The van der Waals surface area contributed by atoms with Gasteiger partial charge >= 0.3 is 6.03 Å². The van der Waals surface area contributed by atoms with Crippen LogP contribution in [-0.2, 0) is 0 Å². The zero-order valence-corrected chi connectivity index (χ0v) is 18.5. The Hall–Kier alpha value is -5.12. The van der Waals surface area contributed by atoms with E-state index in [4.69, 9.17) is 4.42 Å². The predicted octanol–water partition coefficient (Wildman–Crippen LogP) is 6.37. The smallest absolute Gasteiger partial charge is 0.323 e. The van der Waals surface area contributed by atoms with Gasteiger partial charge in [0.2, 0.25) is 0 Å². The van der Waals surface area contributed by atoms with Gasteiger partial charge in [0.1, 0.15) is 29.5 Å². The molecule has 5 rings (SSSR count). The summed E-state index contributed by atoms with van der Waals surface area (Å²) < 4.78 is 32.7. The average Bonchev–Trinajstić information content (AvgIpc) is 3.36. The molecule has 0 fully saturated rings. The topological polar surface area (TPSA) is 109 Å². The number of aromatic nitrogens is 2. The minimum Gasteiger partial charge on any atom is -0.453 e. The van der Waals surface area contributed by atoms with Gasteiger partial charge in [-0.2, -0.15) is 0 Å². The maximum absolute atomic E-state index is 13.8. The molecule has 2 amide bonds. The minimum atomic E-state index is -0.756. The molecule has 10 heteroatoms. The summed E-state index contributed by atoms with van der Waals surface area (Å²) >= 11 is 0. The second-order valence-electron chi connectivity index (χ2n) is 7.68. The van der Waals surface area contributed by atoms with Crippen molar-refractivity contribution < 1.29 is 22.8 Å². The Morgan fingerprint density at radius 1 is 0.889 bits per heavy atom. The second-order valence-corrected chi connectivity index (χ2v) is 7.68. The molecule has 3 N–H and O–H groups in total. The lowest BCUT2D eigenvalue weighted by atomic mass is 10.1. The molecule has 0 spiro atoms. The van der Waals surface area contributed by atoms with Crippen molar-refractivity contribution in [2.75, 3.05) is 16.0 Å². The van der Waals surface area contributed by atoms with Crippen molar-refractivity contribution in [2.24, 2.45) is 0 Å². The monoisotopic (exact) mass is 485 g/mol. The van der Waals surface area contributed by atoms with E-state index in [2.05, 4.69) is 25.9 Å². The highest BCUT2D eigenvalue weighted by Gasteiger charge is 2.11. The predicted molar refractivity (Wildman–Crippen MR) is 131 cm³/mol. The number of urea groups is 1. The number of nitrogens with one attached hydrogen (secondary N) is 3. The molecule has 0 radical (unpaired) electrons. The van der Waals surface area contributed by atoms with E-state index in [0.29, 0.717) is 40.1 Å². The molecule has 5 aromatic rings. The Morgan fingerprint density at radius 3 is 2.58 bits per heavy atom. The maximum atomic E-state index is 13.8. The number of benzene rings is 3. The number of halogens is 2. The van der Waals surface area contributed by atoms with Crippen LogP contribution < -0.4 is 16.0 Å². The average molecular weight is 485 g/mol. The first kappa shape index (κ1) is 22.7. The molecule has 2 aromatic heterocycles. The van der Waals surface area contributed by atoms with E-state index < -0.39 is 17.7 Å². The molecule has 8 nitrogen and oxygen atoms in total. The maximum Gasteiger partial charge on any atom is 0.323 e. The summed E-state index contributed by atoms with van der Waals surface area (Å²) in [4.78, 5) is 31.9. The molecule has 0 saturated carbocycles. The van der Waals surface area contributed by atoms with Gasteiger partial charge < -0.3 is 20.4 Å². The van der Waals surface area contributed by atoms with Crippen molar-refractivity contribution in [1.29, 1.82) is 0 Å². The molecule has 0 unspecified atom stereocenters. The van der Waals surface area contributed by atoms with E-state index in [-0.39, 0.29) is 11.4 Å². The molecule has 178 valence electrons. The second kappa shape index (κ2) is 9.63. The van der Waals surface area contributed by atoms with Gasteiger partial charge in [-0.25, -0.2) is 23.5 Å². The number of hydrogen-bond donors (Lipinski definition) is 3. The van der Waals surface area contributed by atoms with Crippen LogP contribution in [0.25, 0.3) is 22.2 Å². The molecule has 0 aliphatic carbocycles. The van der Waals surface area contributed by atoms with Gasteiger partial charge in [0, 0.05) is 28.4 Å². The van der Waals surface area contributed by atoms with Gasteiger partial charge in [-0.05, 0) is 60.7 Å². The Kier molecular flexibility index (Phi) is 6.06. The van der Waals surface area contributed by atoms with E-state index in [9.17, 15) is 18.4 Å². The number of furan rings is 1. The van der Waals surface area contributed by atoms with Crippen molar-refractivity contribution in [3.63, 3.8) is 0 Å². The highest BCUT2D eigenvalue weighted by Crippen LogP contribution is 2.30. The lowest BCUT2D eigenvalue weighted by Gasteiger charge is -2.12. The van der Waals surface area contributed by atoms with Crippen LogP contribution in [0, 0.1) is 11.6 Å². The van der Waals surface area contributed by atoms with Crippen LogP contribution in [0.1, 0.15) is 10.6 Å². The minimum absolute atomic E-state index is 0.223. The van der Waals surface area contributed by atoms with Gasteiger partial charge in [-0.15, -0.1) is 0 Å². The van der Waals surface area contributed by atoms with Crippen LogP contribution in [0.2, 0.25) is 0 Å². The van der Waals surface area contributed by atoms with Crippen LogP contribution in [0.5, 0.6) is 0 Å². The van der Waals surface area contributed by atoms with Crippen LogP contribution >= 0.6 is 0 Å². The van der Waals surface area contributed by atoms with Crippen LogP contribution in [0.3, 0.4) is 0 Å². The quantitative estimate of drug-likeness (QED) is 0.241. The number of rotatable bonds is 6. The Balaban J connectivity index is 1.37. The molecular weight excluding hydrogens is 468 g/mol. The van der Waals surface area contributed by atoms with Crippen molar-refractivity contribution in [3.8, 4) is 11.3 Å². The van der Waals surface area contributed by atoms with Crippen molar-refractivity contribution >= 4 is 46.1 Å². The molecule has 0 aliphatic heterocycles. The van der Waals surface area contributed by atoms with Crippen LogP contribution in [-0.4, -0.2) is 22.3 Å². The number of nitrogens with zero attached hydrogens (tertiary/aromatic N) is 2. The zero-order valence-electron chi connectivity index (χ0n) is 18.5. The third-order valence-corrected chi connectivity index (χ3v) is 5.22. The Labute approximate surface area is 203 Å². The third kappa shape index (κ3) is 4.87. The number of aldehydes is 1. The molecule has 2 heterocycles. The number of fused-ring (bicyclic) bond motifs is 1. The van der Waals surface area contributed by atoms with Crippen molar-refractivity contribution in [3.05, 3.63) is 96.5 Å². The Morgan fingerprint density at radius 2 is 1.75 bits per heavy atom. The first-order valence-corrected chi connectivity index (χ1v) is 10.7. The highest BCUT2D eigenvalue weighted by molar-refractivity contribution is 6.00. The van der Waals surface area contributed by atoms with E-state index in [1.54, 1.807) is 36.4 Å². The lowest BCUT2D eigenvalue weighted by Crippen LogP contribution is -2.20. The first-order chi connectivity index (χ1) is 17.5. The summed E-state index contributed by atoms with van der Waals surface area (Å²) in [6, 6.07) is 17.6. The summed E-state index contributed by atoms with van der Waals surface area (Å²) in [5.74, 6) is -0.169. The number of anilines is 4. The van der Waals surface area contributed by atoms with Gasteiger partial charge in [0.25, 0.3) is 0 Å². The summed E-state index contributed by atoms with van der Waals surface area (Å²) in [7, 11) is 0. The third-order valence-electron chi connectivity index (χ3n) is 5.22. The molecule has 0 saturated heterocycles. The van der Waals surface area contributed by atoms with Crippen LogP contribution in [0.4, 0.5) is 36.5 Å². The number of carbonyl (C=O) groups excluding carboxylic acids is 2. The first-order valence-electron chi connectivity index (χ1n) is 10.7. The number of hydrogen-bond acceptors (Lipinski definition) is 6. The molecule has 36 heavy (non-hydrogen) atoms. The molecule has 0 atom stereocenters. The van der Waals surface area contributed by atoms with E-state index in [1.165, 1.54) is 6.33 Å². The molecular formula is C26H17F2N5O3. The van der Waals surface area contributed by atoms with Gasteiger partial charge in [0.15, 0.2) is 12.0 Å². The highest BCUT2D eigenvalue weighted by atomic mass is 19.1. The van der Waals surface area contributed by atoms with Crippen molar-refractivity contribution in [1.82, 2.24) is 9.97 Å². The fourth-order valence-electron chi connectivity index (χ4n) is 3.57. The standard InChI is InChI=1S/C26H17F2N5O3/c27-16-5-7-21(28)23(11-16)33-26(35)32-18-3-1-2-17(12-18)31-25-20-10-15(4-8-22(20)29-14-30-25)24-9-6-19(13-34)36-24/h1-14H,(H,29,30,31)(H2,32,33,35). The largest absolute Gasteiger partial charge is 0.453 e. The summed E-state index contributed by atoms with van der Waals surface area (Å²) in [5, 5.41) is 8.78. The van der Waals surface area contributed by atoms with Gasteiger partial charge in [-0.1, -0.05) is 6.07 Å². The number of amides is 2. The fraction of sp³-hybridized carbons (Fsp3) is 0. The molecule has 0 aliphatic rings. The summed E-state index contributed by atoms with van der Waals surface area (Å²) in [5.41, 5.74) is 2.16. The normalized spacial score (nSPS) is 10.7. The number of carbonyl (C=O) groups is 2.